The van der Waals surface area contributed by atoms with Crippen molar-refractivity contribution in [2.24, 2.45) is 5.73 Å². The zero-order valence-corrected chi connectivity index (χ0v) is 11.5. The van der Waals surface area contributed by atoms with Crippen LogP contribution in [0.15, 0.2) is 0 Å². The molecule has 0 amide bonds. The van der Waals surface area contributed by atoms with E-state index in [9.17, 15) is 0 Å². The fourth-order valence-corrected chi connectivity index (χ4v) is 3.55. The predicted molar refractivity (Wildman–Crippen MR) is 71.7 cm³/mol. The molecule has 2 aromatic rings. The van der Waals surface area contributed by atoms with Crippen molar-refractivity contribution in [3.05, 3.63) is 10.8 Å². The van der Waals surface area contributed by atoms with Crippen LogP contribution in [0.1, 0.15) is 68.2 Å². The molecule has 0 aromatic carbocycles. The molecule has 1 saturated carbocycles. The van der Waals surface area contributed by atoms with Gasteiger partial charge in [0.25, 0.3) is 0 Å². The summed E-state index contributed by atoms with van der Waals surface area (Å²) in [6.07, 6.45) is 7.08. The van der Waals surface area contributed by atoms with Crippen LogP contribution in [0.5, 0.6) is 0 Å². The van der Waals surface area contributed by atoms with Crippen molar-refractivity contribution in [3.8, 4) is 0 Å². The number of fused-ring (bicyclic) bond motifs is 1. The molecule has 1 aliphatic carbocycles. The number of hydrogen-bond donors (Lipinski definition) is 1. The largest absolute Gasteiger partial charge is 0.322 e. The highest BCUT2D eigenvalue weighted by molar-refractivity contribution is 7.16. The van der Waals surface area contributed by atoms with E-state index in [1.807, 2.05) is 4.52 Å². The maximum Gasteiger partial charge on any atom is 0.234 e. The van der Waals surface area contributed by atoms with Crippen LogP contribution in [-0.4, -0.2) is 19.8 Å². The SMILES string of the molecule is CCCC(N)c1nn2c(C3CCCC3)nnc2s1. The first-order valence-electron chi connectivity index (χ1n) is 6.77. The zero-order chi connectivity index (χ0) is 12.5. The van der Waals surface area contributed by atoms with Crippen LogP contribution >= 0.6 is 11.3 Å². The minimum Gasteiger partial charge on any atom is -0.322 e. The van der Waals surface area contributed by atoms with Gasteiger partial charge in [0.05, 0.1) is 6.04 Å². The van der Waals surface area contributed by atoms with Gasteiger partial charge in [-0.3, -0.25) is 0 Å². The fraction of sp³-hybridized carbons (Fsp3) is 0.750. The summed E-state index contributed by atoms with van der Waals surface area (Å²) in [5, 5.41) is 14.2. The van der Waals surface area contributed by atoms with Crippen molar-refractivity contribution in [1.82, 2.24) is 19.8 Å². The van der Waals surface area contributed by atoms with Crippen molar-refractivity contribution in [1.29, 1.82) is 0 Å². The molecule has 0 bridgehead atoms. The smallest absolute Gasteiger partial charge is 0.234 e. The Morgan fingerprint density at radius 1 is 1.39 bits per heavy atom. The highest BCUT2D eigenvalue weighted by atomic mass is 32.1. The lowest BCUT2D eigenvalue weighted by molar-refractivity contribution is 0.604. The number of aromatic nitrogens is 4. The third kappa shape index (κ3) is 2.03. The fourth-order valence-electron chi connectivity index (χ4n) is 2.67. The molecule has 1 fully saturated rings. The summed E-state index contributed by atoms with van der Waals surface area (Å²) in [5.41, 5.74) is 6.12. The molecular weight excluding hydrogens is 246 g/mol. The van der Waals surface area contributed by atoms with Gasteiger partial charge in [0, 0.05) is 5.92 Å². The van der Waals surface area contributed by atoms with E-state index in [4.69, 9.17) is 5.73 Å². The third-order valence-corrected chi connectivity index (χ3v) is 4.70. The molecule has 1 unspecified atom stereocenters. The molecule has 2 N–H and O–H groups in total. The lowest BCUT2D eigenvalue weighted by atomic mass is 10.1. The van der Waals surface area contributed by atoms with Crippen LogP contribution in [0.25, 0.3) is 4.96 Å². The molecule has 0 spiro atoms. The van der Waals surface area contributed by atoms with Gasteiger partial charge in [-0.05, 0) is 19.3 Å². The average molecular weight is 265 g/mol. The molecular formula is C12H19N5S. The standard InChI is InChI=1S/C12H19N5S/c1-2-5-9(13)11-16-17-10(8-6-3-4-7-8)14-15-12(17)18-11/h8-9H,2-7,13H2,1H3. The van der Waals surface area contributed by atoms with Gasteiger partial charge < -0.3 is 5.73 Å². The Kier molecular flexibility index (Phi) is 3.30. The van der Waals surface area contributed by atoms with Crippen molar-refractivity contribution in [3.63, 3.8) is 0 Å². The first-order valence-corrected chi connectivity index (χ1v) is 7.59. The summed E-state index contributed by atoms with van der Waals surface area (Å²) in [7, 11) is 0. The Balaban J connectivity index is 1.92. The highest BCUT2D eigenvalue weighted by Gasteiger charge is 2.24. The summed E-state index contributed by atoms with van der Waals surface area (Å²) in [6, 6.07) is 0.0399. The van der Waals surface area contributed by atoms with Crippen LogP contribution in [0.2, 0.25) is 0 Å². The van der Waals surface area contributed by atoms with Crippen molar-refractivity contribution < 1.29 is 0 Å². The Morgan fingerprint density at radius 2 is 2.17 bits per heavy atom. The maximum atomic E-state index is 6.12. The van der Waals surface area contributed by atoms with E-state index >= 15 is 0 Å². The monoisotopic (exact) mass is 265 g/mol. The summed E-state index contributed by atoms with van der Waals surface area (Å²) < 4.78 is 1.92. The van der Waals surface area contributed by atoms with Crippen molar-refractivity contribution >= 4 is 16.3 Å². The highest BCUT2D eigenvalue weighted by Crippen LogP contribution is 2.34. The van der Waals surface area contributed by atoms with Crippen LogP contribution in [0, 0.1) is 0 Å². The summed E-state index contributed by atoms with van der Waals surface area (Å²) in [6.45, 7) is 2.14. The second-order valence-electron chi connectivity index (χ2n) is 5.07. The summed E-state index contributed by atoms with van der Waals surface area (Å²) >= 11 is 1.58. The van der Waals surface area contributed by atoms with Crippen LogP contribution in [0.4, 0.5) is 0 Å². The van der Waals surface area contributed by atoms with Gasteiger partial charge in [0.2, 0.25) is 4.96 Å². The third-order valence-electron chi connectivity index (χ3n) is 3.67. The van der Waals surface area contributed by atoms with E-state index in [2.05, 4.69) is 22.2 Å². The van der Waals surface area contributed by atoms with Gasteiger partial charge in [-0.2, -0.15) is 9.61 Å². The molecule has 2 heterocycles. The molecule has 0 saturated heterocycles. The number of nitrogens with zero attached hydrogens (tertiary/aromatic N) is 4. The Bertz CT molecular complexity index is 526. The second kappa shape index (κ2) is 4.93. The van der Waals surface area contributed by atoms with Gasteiger partial charge in [0.15, 0.2) is 5.82 Å². The van der Waals surface area contributed by atoms with Crippen LogP contribution in [0.3, 0.4) is 0 Å². The molecule has 0 radical (unpaired) electrons. The second-order valence-corrected chi connectivity index (χ2v) is 6.06. The molecule has 5 nitrogen and oxygen atoms in total. The zero-order valence-electron chi connectivity index (χ0n) is 10.7. The number of hydrogen-bond acceptors (Lipinski definition) is 5. The van der Waals surface area contributed by atoms with E-state index in [0.29, 0.717) is 5.92 Å². The van der Waals surface area contributed by atoms with E-state index in [1.54, 1.807) is 11.3 Å². The molecule has 1 aliphatic rings. The van der Waals surface area contributed by atoms with Gasteiger partial charge in [-0.25, -0.2) is 0 Å². The summed E-state index contributed by atoms with van der Waals surface area (Å²) in [5.74, 6) is 1.58. The summed E-state index contributed by atoms with van der Waals surface area (Å²) in [4.78, 5) is 0.887. The van der Waals surface area contributed by atoms with Crippen molar-refractivity contribution in [2.75, 3.05) is 0 Å². The Labute approximate surface area is 110 Å². The first-order chi connectivity index (χ1) is 8.79. The maximum absolute atomic E-state index is 6.12. The molecule has 18 heavy (non-hydrogen) atoms. The minimum absolute atomic E-state index is 0.0399. The van der Waals surface area contributed by atoms with Crippen LogP contribution in [-0.2, 0) is 0 Å². The normalized spacial score (nSPS) is 18.8. The predicted octanol–water partition coefficient (Wildman–Crippen LogP) is 2.64. The molecule has 98 valence electrons. The molecule has 6 heteroatoms. The number of rotatable bonds is 4. The Hall–Kier alpha value is -1.01. The molecule has 0 aliphatic heterocycles. The average Bonchev–Trinajstić information content (AvgIpc) is 3.04. The van der Waals surface area contributed by atoms with Gasteiger partial charge in [-0.15, -0.1) is 10.2 Å². The minimum atomic E-state index is 0.0399. The quantitative estimate of drug-likeness (QED) is 0.922. The van der Waals surface area contributed by atoms with Gasteiger partial charge >= 0.3 is 0 Å². The topological polar surface area (TPSA) is 69.1 Å². The van der Waals surface area contributed by atoms with E-state index in [1.165, 1.54) is 25.7 Å². The molecule has 2 aromatic heterocycles. The number of nitrogens with two attached hydrogens (primary N) is 1. The molecule has 1 atom stereocenters. The molecule has 3 rings (SSSR count). The van der Waals surface area contributed by atoms with E-state index < -0.39 is 0 Å². The van der Waals surface area contributed by atoms with Gasteiger partial charge in [0.1, 0.15) is 5.01 Å². The Morgan fingerprint density at radius 3 is 2.89 bits per heavy atom. The lowest BCUT2D eigenvalue weighted by Crippen LogP contribution is -2.10. The van der Waals surface area contributed by atoms with Crippen LogP contribution < -0.4 is 5.73 Å². The lowest BCUT2D eigenvalue weighted by Gasteiger charge is -2.05. The van der Waals surface area contributed by atoms with Crippen molar-refractivity contribution in [2.45, 2.75) is 57.4 Å². The van der Waals surface area contributed by atoms with E-state index in [-0.39, 0.29) is 6.04 Å². The van der Waals surface area contributed by atoms with Gasteiger partial charge in [-0.1, -0.05) is 37.5 Å². The van der Waals surface area contributed by atoms with E-state index in [0.717, 1.165) is 28.6 Å². The first kappa shape index (κ1) is 12.0.